The summed E-state index contributed by atoms with van der Waals surface area (Å²) in [5, 5.41) is 2.51. The van der Waals surface area contributed by atoms with Gasteiger partial charge in [0.25, 0.3) is 5.56 Å². The molecule has 3 aromatic rings. The van der Waals surface area contributed by atoms with Gasteiger partial charge in [0.1, 0.15) is 12.4 Å². The minimum Gasteiger partial charge on any atom is -0.322 e. The molecular weight excluding hydrogens is 411 g/mol. The first-order chi connectivity index (χ1) is 15.5. The van der Waals surface area contributed by atoms with E-state index in [4.69, 9.17) is 0 Å². The summed E-state index contributed by atoms with van der Waals surface area (Å²) in [5.74, 6) is -1.33. The van der Waals surface area contributed by atoms with E-state index < -0.39 is 17.3 Å². The van der Waals surface area contributed by atoms with Gasteiger partial charge in [-0.3, -0.25) is 23.9 Å². The molecule has 0 atom stereocenters. The molecule has 1 fully saturated rings. The van der Waals surface area contributed by atoms with Crippen LogP contribution in [0.1, 0.15) is 39.0 Å². The molecule has 4 rings (SSSR count). The molecule has 0 radical (unpaired) electrons. The number of carbonyl (C=O) groups excluding carboxylic acids is 2. The van der Waals surface area contributed by atoms with Crippen LogP contribution in [0.4, 0.5) is 15.9 Å². The Hall–Kier alpha value is -3.55. The average Bonchev–Trinajstić information content (AvgIpc) is 2.78. The maximum absolute atomic E-state index is 13.9. The fourth-order valence-corrected chi connectivity index (χ4v) is 4.31. The summed E-state index contributed by atoms with van der Waals surface area (Å²) in [7, 11) is 0. The first-order valence-corrected chi connectivity index (χ1v) is 10.8. The Morgan fingerprint density at radius 3 is 2.50 bits per heavy atom. The number of halogens is 1. The molecule has 166 valence electrons. The molecular formula is C24H25FN4O3. The monoisotopic (exact) mass is 436 g/mol. The van der Waals surface area contributed by atoms with E-state index in [1.807, 2.05) is 0 Å². The molecule has 0 unspecified atom stereocenters. The van der Waals surface area contributed by atoms with Crippen molar-refractivity contribution in [3.05, 3.63) is 64.7 Å². The number of amides is 2. The van der Waals surface area contributed by atoms with Crippen molar-refractivity contribution in [1.82, 2.24) is 9.55 Å². The molecule has 1 aromatic heterocycles. The van der Waals surface area contributed by atoms with E-state index in [9.17, 15) is 18.8 Å². The lowest BCUT2D eigenvalue weighted by Gasteiger charge is -2.32. The molecule has 2 aromatic carbocycles. The number of carbonyl (C=O) groups is 2. The smallest absolute Gasteiger partial charge is 0.294 e. The first-order valence-electron chi connectivity index (χ1n) is 10.8. The van der Waals surface area contributed by atoms with Crippen LogP contribution in [0.3, 0.4) is 0 Å². The fourth-order valence-electron chi connectivity index (χ4n) is 4.31. The Bertz CT molecular complexity index is 1220. The lowest BCUT2D eigenvalue weighted by atomic mass is 9.94. The van der Waals surface area contributed by atoms with Gasteiger partial charge in [0.05, 0.1) is 16.7 Å². The molecule has 1 N–H and O–H groups in total. The molecule has 0 aliphatic heterocycles. The third-order valence-electron chi connectivity index (χ3n) is 5.79. The van der Waals surface area contributed by atoms with E-state index >= 15 is 0 Å². The van der Waals surface area contributed by atoms with Crippen molar-refractivity contribution in [2.75, 3.05) is 10.2 Å². The van der Waals surface area contributed by atoms with Gasteiger partial charge in [-0.1, -0.05) is 43.5 Å². The van der Waals surface area contributed by atoms with Gasteiger partial charge in [0, 0.05) is 13.0 Å². The van der Waals surface area contributed by atoms with Gasteiger partial charge < -0.3 is 5.32 Å². The third kappa shape index (κ3) is 4.39. The van der Waals surface area contributed by atoms with Crippen LogP contribution in [0, 0.1) is 5.82 Å². The van der Waals surface area contributed by atoms with Crippen molar-refractivity contribution < 1.29 is 14.0 Å². The Kier molecular flexibility index (Phi) is 6.30. The lowest BCUT2D eigenvalue weighted by Crippen LogP contribution is -2.45. The minimum atomic E-state index is -0.562. The number of aromatic nitrogens is 2. The van der Waals surface area contributed by atoms with Gasteiger partial charge in [0.15, 0.2) is 0 Å². The highest BCUT2D eigenvalue weighted by atomic mass is 19.1. The zero-order valence-corrected chi connectivity index (χ0v) is 17.9. The number of hydrogen-bond donors (Lipinski definition) is 1. The van der Waals surface area contributed by atoms with E-state index in [-0.39, 0.29) is 30.0 Å². The molecule has 0 spiro atoms. The molecule has 7 nitrogen and oxygen atoms in total. The molecule has 1 aliphatic carbocycles. The van der Waals surface area contributed by atoms with Crippen LogP contribution in [0.25, 0.3) is 11.0 Å². The van der Waals surface area contributed by atoms with Crippen molar-refractivity contribution in [1.29, 1.82) is 0 Å². The van der Waals surface area contributed by atoms with Crippen LogP contribution in [0.15, 0.2) is 53.3 Å². The minimum absolute atomic E-state index is 0.0294. The maximum Gasteiger partial charge on any atom is 0.294 e. The molecule has 32 heavy (non-hydrogen) atoms. The van der Waals surface area contributed by atoms with Gasteiger partial charge >= 0.3 is 0 Å². The van der Waals surface area contributed by atoms with Crippen LogP contribution < -0.4 is 15.8 Å². The highest BCUT2D eigenvalue weighted by Crippen LogP contribution is 2.26. The Balaban J connectivity index is 1.75. The Morgan fingerprint density at radius 2 is 1.78 bits per heavy atom. The number of nitrogens with one attached hydrogen (secondary N) is 1. The first kappa shape index (κ1) is 21.7. The Labute approximate surface area is 184 Å². The van der Waals surface area contributed by atoms with Gasteiger partial charge in [0.2, 0.25) is 17.6 Å². The van der Waals surface area contributed by atoms with Crippen LogP contribution in [0.5, 0.6) is 0 Å². The largest absolute Gasteiger partial charge is 0.322 e. The van der Waals surface area contributed by atoms with Crippen LogP contribution in [0.2, 0.25) is 0 Å². The fraction of sp³-hybridized carbons (Fsp3) is 0.333. The lowest BCUT2D eigenvalue weighted by molar-refractivity contribution is -0.117. The predicted octanol–water partition coefficient (Wildman–Crippen LogP) is 3.86. The average molecular weight is 436 g/mol. The van der Waals surface area contributed by atoms with E-state index in [1.165, 1.54) is 34.6 Å². The molecule has 1 heterocycles. The van der Waals surface area contributed by atoms with E-state index in [1.54, 1.807) is 30.3 Å². The van der Waals surface area contributed by atoms with Crippen molar-refractivity contribution in [2.45, 2.75) is 51.6 Å². The van der Waals surface area contributed by atoms with Gasteiger partial charge in [-0.15, -0.1) is 0 Å². The van der Waals surface area contributed by atoms with E-state index in [0.29, 0.717) is 11.0 Å². The van der Waals surface area contributed by atoms with Crippen molar-refractivity contribution >= 4 is 34.4 Å². The topological polar surface area (TPSA) is 84.3 Å². The second-order valence-electron chi connectivity index (χ2n) is 8.02. The summed E-state index contributed by atoms with van der Waals surface area (Å²) in [6.45, 7) is 1.10. The number of anilines is 2. The third-order valence-corrected chi connectivity index (χ3v) is 5.79. The summed E-state index contributed by atoms with van der Waals surface area (Å²) in [6, 6.07) is 12.7. The number of hydrogen-bond acceptors (Lipinski definition) is 4. The predicted molar refractivity (Wildman–Crippen MR) is 121 cm³/mol. The summed E-state index contributed by atoms with van der Waals surface area (Å²) >= 11 is 0. The zero-order chi connectivity index (χ0) is 22.7. The normalized spacial score (nSPS) is 14.3. The quantitative estimate of drug-likeness (QED) is 0.658. The molecule has 0 bridgehead atoms. The summed E-state index contributed by atoms with van der Waals surface area (Å²) in [6.07, 6.45) is 4.69. The second kappa shape index (κ2) is 9.30. The maximum atomic E-state index is 13.9. The number of para-hydroxylation sites is 3. The van der Waals surface area contributed by atoms with Crippen LogP contribution in [-0.4, -0.2) is 27.4 Å². The van der Waals surface area contributed by atoms with Gasteiger partial charge in [-0.25, -0.2) is 9.37 Å². The standard InChI is InChI=1S/C24H25FN4O3/c1-16(30)29(17-9-3-2-4-10-17)23-24(32)28(21-14-8-7-13-20(21)27-23)15-22(31)26-19-12-6-5-11-18(19)25/h5-8,11-14,17H,2-4,9-10,15H2,1H3,(H,26,31). The van der Waals surface area contributed by atoms with E-state index in [2.05, 4.69) is 10.3 Å². The highest BCUT2D eigenvalue weighted by Gasteiger charge is 2.29. The number of nitrogens with zero attached hydrogens (tertiary/aromatic N) is 3. The highest BCUT2D eigenvalue weighted by molar-refractivity contribution is 5.93. The molecule has 2 amide bonds. The van der Waals surface area contributed by atoms with Crippen LogP contribution in [-0.2, 0) is 16.1 Å². The van der Waals surface area contributed by atoms with Crippen LogP contribution >= 0.6 is 0 Å². The summed E-state index contributed by atoms with van der Waals surface area (Å²) in [5.41, 5.74) is 0.491. The van der Waals surface area contributed by atoms with Gasteiger partial charge in [-0.05, 0) is 37.1 Å². The SMILES string of the molecule is CC(=O)N(c1nc2ccccc2n(CC(=O)Nc2ccccc2F)c1=O)C1CCCCC1. The van der Waals surface area contributed by atoms with Crippen molar-refractivity contribution in [3.8, 4) is 0 Å². The zero-order valence-electron chi connectivity index (χ0n) is 17.9. The summed E-state index contributed by atoms with van der Waals surface area (Å²) < 4.78 is 15.2. The molecule has 1 saturated carbocycles. The number of benzene rings is 2. The molecule has 0 saturated heterocycles. The second-order valence-corrected chi connectivity index (χ2v) is 8.02. The summed E-state index contributed by atoms with van der Waals surface area (Å²) in [4.78, 5) is 44.8. The molecule has 1 aliphatic rings. The molecule has 8 heteroatoms. The van der Waals surface area contributed by atoms with E-state index in [0.717, 1.165) is 32.1 Å². The number of fused-ring (bicyclic) bond motifs is 1. The van der Waals surface area contributed by atoms with Gasteiger partial charge in [-0.2, -0.15) is 0 Å². The Morgan fingerprint density at radius 1 is 1.09 bits per heavy atom. The van der Waals surface area contributed by atoms with Crippen molar-refractivity contribution in [3.63, 3.8) is 0 Å². The number of rotatable bonds is 5. The van der Waals surface area contributed by atoms with Crippen molar-refractivity contribution in [2.24, 2.45) is 0 Å².